The summed E-state index contributed by atoms with van der Waals surface area (Å²) in [5.74, 6) is -1.41. The van der Waals surface area contributed by atoms with Crippen LogP contribution in [0.5, 0.6) is 0 Å². The molecule has 2 aliphatic rings. The Kier molecular flexibility index (Phi) is 5.34. The van der Waals surface area contributed by atoms with Crippen molar-refractivity contribution in [2.75, 3.05) is 13.2 Å². The van der Waals surface area contributed by atoms with Crippen molar-refractivity contribution < 1.29 is 19.4 Å². The van der Waals surface area contributed by atoms with Crippen LogP contribution in [0.3, 0.4) is 0 Å². The van der Waals surface area contributed by atoms with E-state index in [1.165, 1.54) is 0 Å². The van der Waals surface area contributed by atoms with Crippen molar-refractivity contribution in [1.82, 2.24) is 4.90 Å². The average molecular weight is 464 g/mol. The van der Waals surface area contributed by atoms with Gasteiger partial charge in [0, 0.05) is 18.7 Å². The number of aliphatic hydroxyl groups is 1. The van der Waals surface area contributed by atoms with E-state index >= 15 is 0 Å². The first kappa shape index (κ1) is 21.6. The number of carbonyl (C=O) groups excluding carboxylic acids is 2. The van der Waals surface area contributed by atoms with Gasteiger partial charge in [0.15, 0.2) is 0 Å². The van der Waals surface area contributed by atoms with E-state index in [1.807, 2.05) is 78.9 Å². The summed E-state index contributed by atoms with van der Waals surface area (Å²) >= 11 is 0. The number of rotatable bonds is 4. The second-order valence-corrected chi connectivity index (χ2v) is 9.22. The summed E-state index contributed by atoms with van der Waals surface area (Å²) in [7, 11) is 0. The van der Waals surface area contributed by atoms with E-state index in [0.717, 1.165) is 39.9 Å². The third kappa shape index (κ3) is 3.69. The van der Waals surface area contributed by atoms with E-state index in [0.29, 0.717) is 18.7 Å². The Balaban J connectivity index is 1.55. The number of hydrogen-bond acceptors (Lipinski definition) is 4. The summed E-state index contributed by atoms with van der Waals surface area (Å²) in [6, 6.07) is 26.5. The number of hydrogen-bond donors (Lipinski definition) is 1. The molecule has 174 valence electrons. The molecule has 4 aromatic rings. The Morgan fingerprint density at radius 3 is 2.43 bits per heavy atom. The molecule has 5 nitrogen and oxygen atoms in total. The standard InChI is InChI=1S/C30H25NO4/c32-28(22-15-14-19-7-1-2-9-21(19)17-22)26-27(25-13-5-10-20-8-3-4-12-24(20)25)31(30(34)29(26)33)18-23-11-6-16-35-23/h1-5,7-10,12-15,17,23,27,32H,6,11,16,18H2/b28-26-. The van der Waals surface area contributed by atoms with Gasteiger partial charge in [0.25, 0.3) is 11.7 Å². The zero-order valence-corrected chi connectivity index (χ0v) is 19.2. The van der Waals surface area contributed by atoms with Gasteiger partial charge in [0.2, 0.25) is 0 Å². The first-order valence-electron chi connectivity index (χ1n) is 12.0. The molecule has 0 spiro atoms. The lowest BCUT2D eigenvalue weighted by Gasteiger charge is -2.28. The third-order valence-corrected chi connectivity index (χ3v) is 7.11. The van der Waals surface area contributed by atoms with Gasteiger partial charge in [-0.2, -0.15) is 0 Å². The van der Waals surface area contributed by atoms with Gasteiger partial charge in [-0.25, -0.2) is 0 Å². The molecule has 2 aliphatic heterocycles. The molecule has 2 unspecified atom stereocenters. The maximum atomic E-state index is 13.4. The van der Waals surface area contributed by atoms with Crippen molar-refractivity contribution in [3.63, 3.8) is 0 Å². The molecule has 6 rings (SSSR count). The molecule has 0 bridgehead atoms. The molecule has 2 heterocycles. The van der Waals surface area contributed by atoms with Crippen LogP contribution in [-0.2, 0) is 14.3 Å². The second-order valence-electron chi connectivity index (χ2n) is 9.22. The minimum absolute atomic E-state index is 0.119. The molecule has 1 N–H and O–H groups in total. The number of aliphatic hydroxyl groups excluding tert-OH is 1. The smallest absolute Gasteiger partial charge is 0.295 e. The average Bonchev–Trinajstić information content (AvgIpc) is 3.50. The van der Waals surface area contributed by atoms with Crippen molar-refractivity contribution in [1.29, 1.82) is 0 Å². The van der Waals surface area contributed by atoms with Crippen LogP contribution < -0.4 is 0 Å². The van der Waals surface area contributed by atoms with Gasteiger partial charge >= 0.3 is 0 Å². The first-order valence-corrected chi connectivity index (χ1v) is 12.0. The van der Waals surface area contributed by atoms with Crippen LogP contribution in [0.1, 0.15) is 30.0 Å². The van der Waals surface area contributed by atoms with Crippen molar-refractivity contribution in [2.45, 2.75) is 25.0 Å². The quantitative estimate of drug-likeness (QED) is 0.243. The zero-order chi connectivity index (χ0) is 23.9. The molecular weight excluding hydrogens is 438 g/mol. The summed E-state index contributed by atoms with van der Waals surface area (Å²) < 4.78 is 5.81. The molecule has 2 saturated heterocycles. The predicted molar refractivity (Wildman–Crippen MR) is 136 cm³/mol. The van der Waals surface area contributed by atoms with Crippen LogP contribution >= 0.6 is 0 Å². The highest BCUT2D eigenvalue weighted by Gasteiger charge is 2.47. The molecule has 0 aliphatic carbocycles. The van der Waals surface area contributed by atoms with E-state index in [1.54, 1.807) is 11.0 Å². The maximum Gasteiger partial charge on any atom is 0.295 e. The number of amides is 1. The van der Waals surface area contributed by atoms with E-state index in [9.17, 15) is 14.7 Å². The van der Waals surface area contributed by atoms with E-state index in [-0.39, 0.29) is 17.4 Å². The van der Waals surface area contributed by atoms with Crippen molar-refractivity contribution in [3.05, 3.63) is 102 Å². The van der Waals surface area contributed by atoms with Gasteiger partial charge in [0.1, 0.15) is 5.76 Å². The van der Waals surface area contributed by atoms with Crippen LogP contribution in [0.2, 0.25) is 0 Å². The van der Waals surface area contributed by atoms with Gasteiger partial charge < -0.3 is 14.7 Å². The summed E-state index contributed by atoms with van der Waals surface area (Å²) in [5.41, 5.74) is 1.46. The molecule has 35 heavy (non-hydrogen) atoms. The Morgan fingerprint density at radius 1 is 0.886 bits per heavy atom. The Hall–Kier alpha value is -3.96. The number of ether oxygens (including phenoxy) is 1. The molecule has 0 aromatic heterocycles. The Morgan fingerprint density at radius 2 is 1.63 bits per heavy atom. The first-order chi connectivity index (χ1) is 17.1. The van der Waals surface area contributed by atoms with Crippen LogP contribution in [0.25, 0.3) is 27.3 Å². The van der Waals surface area contributed by atoms with Crippen LogP contribution in [0.4, 0.5) is 0 Å². The monoisotopic (exact) mass is 463 g/mol. The summed E-state index contributed by atoms with van der Waals surface area (Å²) in [5, 5.41) is 15.4. The molecule has 4 aromatic carbocycles. The SMILES string of the molecule is O=C1C(=O)N(CC2CCCO2)C(c2cccc3ccccc23)/C1=C(/O)c1ccc2ccccc2c1. The zero-order valence-electron chi connectivity index (χ0n) is 19.2. The molecule has 0 radical (unpaired) electrons. The van der Waals surface area contributed by atoms with E-state index in [2.05, 4.69) is 0 Å². The van der Waals surface area contributed by atoms with Gasteiger partial charge in [-0.15, -0.1) is 0 Å². The normalized spacial score (nSPS) is 21.9. The van der Waals surface area contributed by atoms with Crippen molar-refractivity contribution in [3.8, 4) is 0 Å². The number of Topliss-reactive ketones (excluding diaryl/α,β-unsaturated/α-hetero) is 1. The number of ketones is 1. The second kappa shape index (κ2) is 8.67. The highest BCUT2D eigenvalue weighted by Crippen LogP contribution is 2.42. The fourth-order valence-corrected chi connectivity index (χ4v) is 5.38. The lowest BCUT2D eigenvalue weighted by atomic mass is 9.91. The highest BCUT2D eigenvalue weighted by atomic mass is 16.5. The summed E-state index contributed by atoms with van der Waals surface area (Å²) in [6.07, 6.45) is 1.66. The lowest BCUT2D eigenvalue weighted by Crippen LogP contribution is -2.36. The molecule has 2 fully saturated rings. The fourth-order valence-electron chi connectivity index (χ4n) is 5.38. The van der Waals surface area contributed by atoms with Crippen molar-refractivity contribution in [2.24, 2.45) is 0 Å². The molecule has 1 amide bonds. The Labute approximate surface area is 203 Å². The van der Waals surface area contributed by atoms with Crippen molar-refractivity contribution >= 4 is 39.0 Å². The summed E-state index contributed by atoms with van der Waals surface area (Å²) in [4.78, 5) is 28.4. The number of fused-ring (bicyclic) bond motifs is 2. The maximum absolute atomic E-state index is 13.4. The van der Waals surface area contributed by atoms with Crippen LogP contribution in [0.15, 0.2) is 90.5 Å². The Bertz CT molecular complexity index is 1490. The molecule has 2 atom stereocenters. The van der Waals surface area contributed by atoms with E-state index < -0.39 is 17.7 Å². The van der Waals surface area contributed by atoms with Gasteiger partial charge in [0.05, 0.1) is 17.7 Å². The number of benzene rings is 4. The number of carbonyl (C=O) groups is 2. The predicted octanol–water partition coefficient (Wildman–Crippen LogP) is 5.59. The van der Waals surface area contributed by atoms with Gasteiger partial charge in [-0.1, -0.05) is 78.9 Å². The molecule has 0 saturated carbocycles. The summed E-state index contributed by atoms with van der Waals surface area (Å²) in [6.45, 7) is 0.970. The minimum Gasteiger partial charge on any atom is -0.507 e. The lowest BCUT2D eigenvalue weighted by molar-refractivity contribution is -0.140. The largest absolute Gasteiger partial charge is 0.507 e. The number of nitrogens with zero attached hydrogens (tertiary/aromatic N) is 1. The van der Waals surface area contributed by atoms with E-state index in [4.69, 9.17) is 4.74 Å². The van der Waals surface area contributed by atoms with Crippen LogP contribution in [0, 0.1) is 0 Å². The highest BCUT2D eigenvalue weighted by molar-refractivity contribution is 6.46. The fraction of sp³-hybridized carbons (Fsp3) is 0.200. The minimum atomic E-state index is -0.697. The van der Waals surface area contributed by atoms with Gasteiger partial charge in [-0.3, -0.25) is 9.59 Å². The van der Waals surface area contributed by atoms with Gasteiger partial charge in [-0.05, 0) is 46.0 Å². The number of likely N-dealkylation sites (tertiary alicyclic amines) is 1. The molecule has 5 heteroatoms. The van der Waals surface area contributed by atoms with Crippen LogP contribution in [-0.4, -0.2) is 41.0 Å². The third-order valence-electron chi connectivity index (χ3n) is 7.11. The topological polar surface area (TPSA) is 66.8 Å². The molecular formula is C30H25NO4.